The molecule has 0 atom stereocenters. The second-order valence-corrected chi connectivity index (χ2v) is 19.9. The van der Waals surface area contributed by atoms with E-state index in [1.807, 2.05) is 30.5 Å². The van der Waals surface area contributed by atoms with Crippen LogP contribution in [0, 0.1) is 11.3 Å². The molecule has 3 heteroatoms. The summed E-state index contributed by atoms with van der Waals surface area (Å²) in [5.41, 5.74) is 5.05. The monoisotopic (exact) mass is 474 g/mol. The van der Waals surface area contributed by atoms with Crippen LogP contribution >= 0.6 is 0 Å². The van der Waals surface area contributed by atoms with Crippen molar-refractivity contribution in [2.75, 3.05) is 0 Å². The van der Waals surface area contributed by atoms with E-state index in [1.54, 1.807) is 0 Å². The molecule has 0 bridgehead atoms. The maximum absolute atomic E-state index is 9.70. The van der Waals surface area contributed by atoms with Crippen molar-refractivity contribution in [1.82, 2.24) is 4.98 Å². The van der Waals surface area contributed by atoms with Crippen LogP contribution < -0.4 is 4.40 Å². The number of rotatable bonds is 3. The van der Waals surface area contributed by atoms with Gasteiger partial charge in [0.15, 0.2) is 0 Å². The van der Waals surface area contributed by atoms with Gasteiger partial charge in [-0.2, -0.15) is 5.26 Å². The number of pyridine rings is 1. The topological polar surface area (TPSA) is 36.7 Å². The summed E-state index contributed by atoms with van der Waals surface area (Å²) in [5.74, 6) is 7.28. The van der Waals surface area contributed by atoms with Crippen LogP contribution in [0.25, 0.3) is 43.9 Å². The van der Waals surface area contributed by atoms with Gasteiger partial charge >= 0.3 is 168 Å². The van der Waals surface area contributed by atoms with E-state index in [0.29, 0.717) is 5.56 Å². The molecule has 4 aromatic carbocycles. The Morgan fingerprint density at radius 1 is 0.688 bits per heavy atom. The fraction of sp³-hybridized carbons (Fsp3) is 0.103. The number of hydrogen-bond donors (Lipinski definition) is 0. The average molecular weight is 473 g/mol. The van der Waals surface area contributed by atoms with Gasteiger partial charge in [-0.1, -0.05) is 18.2 Å². The molecular weight excluding hydrogens is 449 g/mol. The summed E-state index contributed by atoms with van der Waals surface area (Å²) < 4.78 is 1.51. The summed E-state index contributed by atoms with van der Waals surface area (Å²) in [6, 6.07) is 32.2. The van der Waals surface area contributed by atoms with Crippen molar-refractivity contribution in [1.29, 1.82) is 5.26 Å². The van der Waals surface area contributed by atoms with Crippen molar-refractivity contribution >= 4 is 39.2 Å². The van der Waals surface area contributed by atoms with Crippen LogP contribution in [-0.4, -0.2) is 18.3 Å². The molecule has 0 spiro atoms. The van der Waals surface area contributed by atoms with Gasteiger partial charge in [0.2, 0.25) is 0 Å². The summed E-state index contributed by atoms with van der Waals surface area (Å²) in [6.45, 7) is 0. The first-order valence-corrected chi connectivity index (χ1v) is 18.2. The quantitative estimate of drug-likeness (QED) is 0.261. The van der Waals surface area contributed by atoms with Gasteiger partial charge in [-0.3, -0.25) is 0 Å². The molecule has 0 unspecified atom stereocenters. The molecule has 0 aliphatic heterocycles. The molecule has 32 heavy (non-hydrogen) atoms. The molecular formula is C29H24GeN2. The molecule has 1 aromatic heterocycles. The standard InChI is InChI=1S/C29H24GeN2/c1-30(2,3)26-9-6-8-20(18-26)21-11-12-28-23(15-21)13-14-32-29(28)24-16-22-7-4-5-10-27(22)25(17-24)19-31/h4-18H,1-3H3. The molecule has 0 aliphatic rings. The van der Waals surface area contributed by atoms with Gasteiger partial charge in [0, 0.05) is 0 Å². The first-order valence-electron chi connectivity index (χ1n) is 10.9. The summed E-state index contributed by atoms with van der Waals surface area (Å²) in [6.07, 6.45) is 1.86. The van der Waals surface area contributed by atoms with E-state index in [2.05, 4.69) is 84.0 Å². The number of nitrogens with zero attached hydrogens (tertiary/aromatic N) is 2. The van der Waals surface area contributed by atoms with Crippen LogP contribution in [0.2, 0.25) is 17.3 Å². The van der Waals surface area contributed by atoms with Crippen molar-refractivity contribution in [2.24, 2.45) is 0 Å². The Labute approximate surface area is 191 Å². The zero-order chi connectivity index (χ0) is 22.3. The van der Waals surface area contributed by atoms with E-state index in [-0.39, 0.29) is 0 Å². The first-order chi connectivity index (χ1) is 15.4. The van der Waals surface area contributed by atoms with Crippen molar-refractivity contribution in [3.8, 4) is 28.5 Å². The van der Waals surface area contributed by atoms with Crippen LogP contribution in [0.1, 0.15) is 5.56 Å². The summed E-state index contributed by atoms with van der Waals surface area (Å²) in [5, 5.41) is 14.0. The zero-order valence-electron chi connectivity index (χ0n) is 18.6. The predicted molar refractivity (Wildman–Crippen MR) is 138 cm³/mol. The van der Waals surface area contributed by atoms with Gasteiger partial charge in [-0.05, 0) is 0 Å². The van der Waals surface area contributed by atoms with Crippen LogP contribution in [0.5, 0.6) is 0 Å². The van der Waals surface area contributed by atoms with Gasteiger partial charge in [-0.15, -0.1) is 0 Å². The van der Waals surface area contributed by atoms with Crippen molar-refractivity contribution in [3.05, 3.63) is 96.7 Å². The molecule has 5 aromatic rings. The zero-order valence-corrected chi connectivity index (χ0v) is 20.7. The minimum atomic E-state index is -1.89. The molecule has 0 radical (unpaired) electrons. The van der Waals surface area contributed by atoms with Crippen molar-refractivity contribution in [2.45, 2.75) is 17.3 Å². The molecule has 1 heterocycles. The molecule has 0 amide bonds. The summed E-state index contributed by atoms with van der Waals surface area (Å²) >= 11 is -1.89. The Bertz CT molecular complexity index is 1520. The van der Waals surface area contributed by atoms with Gasteiger partial charge in [0.1, 0.15) is 0 Å². The first kappa shape index (κ1) is 20.5. The van der Waals surface area contributed by atoms with E-state index in [9.17, 15) is 5.26 Å². The number of nitriles is 1. The Kier molecular flexibility index (Phi) is 5.07. The average Bonchev–Trinajstić information content (AvgIpc) is 2.82. The van der Waals surface area contributed by atoms with E-state index >= 15 is 0 Å². The van der Waals surface area contributed by atoms with E-state index < -0.39 is 13.3 Å². The fourth-order valence-electron chi connectivity index (χ4n) is 4.29. The maximum atomic E-state index is 9.70. The number of benzene rings is 4. The third-order valence-electron chi connectivity index (χ3n) is 6.08. The number of hydrogen-bond acceptors (Lipinski definition) is 2. The van der Waals surface area contributed by atoms with Gasteiger partial charge < -0.3 is 0 Å². The van der Waals surface area contributed by atoms with Crippen LogP contribution in [0.3, 0.4) is 0 Å². The molecule has 154 valence electrons. The molecule has 0 fully saturated rings. The fourth-order valence-corrected chi connectivity index (χ4v) is 6.78. The number of fused-ring (bicyclic) bond motifs is 2. The normalized spacial score (nSPS) is 11.6. The number of aromatic nitrogens is 1. The SMILES string of the molecule is [CH3][Ge]([CH3])([CH3])[c]1cccc(-c2ccc3c(-c4cc(C#N)c5ccccc5c4)nccc3c2)c1. The summed E-state index contributed by atoms with van der Waals surface area (Å²) in [4.78, 5) is 4.71. The second-order valence-electron chi connectivity index (χ2n) is 9.28. The van der Waals surface area contributed by atoms with Gasteiger partial charge in [0.05, 0.1) is 0 Å². The minimum absolute atomic E-state index is 0.679. The third-order valence-corrected chi connectivity index (χ3v) is 10.4. The molecule has 0 saturated carbocycles. The Morgan fingerprint density at radius 3 is 2.25 bits per heavy atom. The van der Waals surface area contributed by atoms with E-state index in [1.165, 1.54) is 15.5 Å². The molecule has 0 saturated heterocycles. The van der Waals surface area contributed by atoms with Crippen LogP contribution in [0.4, 0.5) is 0 Å². The summed E-state index contributed by atoms with van der Waals surface area (Å²) in [7, 11) is 0. The van der Waals surface area contributed by atoms with Crippen molar-refractivity contribution in [3.63, 3.8) is 0 Å². The van der Waals surface area contributed by atoms with Gasteiger partial charge in [0.25, 0.3) is 0 Å². The molecule has 0 N–H and O–H groups in total. The molecule has 2 nitrogen and oxygen atoms in total. The molecule has 5 rings (SSSR count). The second kappa shape index (κ2) is 7.93. The van der Waals surface area contributed by atoms with Crippen LogP contribution in [0.15, 0.2) is 91.1 Å². The van der Waals surface area contributed by atoms with E-state index in [4.69, 9.17) is 4.98 Å². The predicted octanol–water partition coefficient (Wildman–Crippen LogP) is 7.14. The third kappa shape index (κ3) is 3.70. The van der Waals surface area contributed by atoms with Gasteiger partial charge in [-0.25, -0.2) is 0 Å². The Balaban J connectivity index is 1.65. The van der Waals surface area contributed by atoms with Crippen LogP contribution in [-0.2, 0) is 0 Å². The molecule has 0 aliphatic carbocycles. The van der Waals surface area contributed by atoms with Crippen molar-refractivity contribution < 1.29 is 0 Å². The Morgan fingerprint density at radius 2 is 1.44 bits per heavy atom. The Hall–Kier alpha value is -3.42. The van der Waals surface area contributed by atoms with E-state index in [0.717, 1.165) is 32.8 Å².